The van der Waals surface area contributed by atoms with Crippen molar-refractivity contribution in [3.8, 4) is 5.88 Å². The predicted octanol–water partition coefficient (Wildman–Crippen LogP) is 5.46. The van der Waals surface area contributed by atoms with Crippen molar-refractivity contribution in [1.82, 2.24) is 19.8 Å². The second-order valence-corrected chi connectivity index (χ2v) is 11.5. The quantitative estimate of drug-likeness (QED) is 0.475. The molecule has 39 heavy (non-hydrogen) atoms. The Balaban J connectivity index is 1.82. The van der Waals surface area contributed by atoms with Gasteiger partial charge >= 0.3 is 12.3 Å². The minimum Gasteiger partial charge on any atom is -0.476 e. The highest BCUT2D eigenvalue weighted by Gasteiger charge is 2.42. The van der Waals surface area contributed by atoms with Crippen molar-refractivity contribution in [3.63, 3.8) is 0 Å². The van der Waals surface area contributed by atoms with E-state index in [9.17, 15) is 22.8 Å². The second kappa shape index (κ2) is 11.4. The highest BCUT2D eigenvalue weighted by molar-refractivity contribution is 5.82. The molecular formula is C28H37F3N4O4. The van der Waals surface area contributed by atoms with Crippen LogP contribution in [0.25, 0.3) is 0 Å². The molecule has 2 amide bonds. The molecule has 0 aliphatic carbocycles. The number of piperidine rings is 1. The summed E-state index contributed by atoms with van der Waals surface area (Å²) in [6.07, 6.45) is -1.68. The second-order valence-electron chi connectivity index (χ2n) is 11.5. The summed E-state index contributed by atoms with van der Waals surface area (Å²) in [7, 11) is 1.68. The van der Waals surface area contributed by atoms with Crippen molar-refractivity contribution < 1.29 is 32.2 Å². The lowest BCUT2D eigenvalue weighted by Gasteiger charge is -2.44. The Bertz CT molecular complexity index is 1180. The van der Waals surface area contributed by atoms with Crippen molar-refractivity contribution in [2.45, 2.75) is 71.7 Å². The van der Waals surface area contributed by atoms with Crippen LogP contribution >= 0.6 is 0 Å². The molecule has 1 aliphatic rings. The van der Waals surface area contributed by atoms with Gasteiger partial charge in [-0.2, -0.15) is 13.2 Å². The van der Waals surface area contributed by atoms with Crippen LogP contribution in [0.5, 0.6) is 5.88 Å². The van der Waals surface area contributed by atoms with Gasteiger partial charge in [-0.15, -0.1) is 0 Å². The van der Waals surface area contributed by atoms with Gasteiger partial charge in [0.15, 0.2) is 0 Å². The zero-order chi connectivity index (χ0) is 29.2. The molecule has 1 saturated heterocycles. The molecule has 0 bridgehead atoms. The number of aromatic nitrogens is 2. The van der Waals surface area contributed by atoms with Crippen LogP contribution in [0.3, 0.4) is 0 Å². The third kappa shape index (κ3) is 7.39. The molecule has 11 heteroatoms. The SMILES string of the molecule is Cc1ncccc1[C@H]1CN(C(=O)OC(C)(C)C)CC[C@@H]1N(C)C(=O)C(C)(C)COc1ncccc1C(F)(F)F. The van der Waals surface area contributed by atoms with E-state index >= 15 is 0 Å². The number of halogens is 3. The Morgan fingerprint density at radius 2 is 1.72 bits per heavy atom. The van der Waals surface area contributed by atoms with Crippen LogP contribution in [0.4, 0.5) is 18.0 Å². The highest BCUT2D eigenvalue weighted by atomic mass is 19.4. The van der Waals surface area contributed by atoms with E-state index in [1.54, 1.807) is 57.7 Å². The van der Waals surface area contributed by atoms with Gasteiger partial charge in [-0.25, -0.2) is 9.78 Å². The molecule has 8 nitrogen and oxygen atoms in total. The van der Waals surface area contributed by atoms with Crippen LogP contribution in [-0.2, 0) is 15.7 Å². The predicted molar refractivity (Wildman–Crippen MR) is 139 cm³/mol. The number of likely N-dealkylation sites (N-methyl/N-ethyl adjacent to an activating group) is 1. The molecule has 0 unspecified atom stereocenters. The van der Waals surface area contributed by atoms with E-state index < -0.39 is 34.7 Å². The van der Waals surface area contributed by atoms with Gasteiger partial charge in [-0.3, -0.25) is 9.78 Å². The fourth-order valence-corrected chi connectivity index (χ4v) is 4.75. The summed E-state index contributed by atoms with van der Waals surface area (Å²) >= 11 is 0. The summed E-state index contributed by atoms with van der Waals surface area (Å²) in [5.74, 6) is -1.12. The third-order valence-corrected chi connectivity index (χ3v) is 6.72. The maximum Gasteiger partial charge on any atom is 0.421 e. The number of alkyl halides is 3. The average molecular weight is 551 g/mol. The van der Waals surface area contributed by atoms with Gasteiger partial charge in [0.25, 0.3) is 0 Å². The Labute approximate surface area is 227 Å². The monoisotopic (exact) mass is 550 g/mol. The number of hydrogen-bond acceptors (Lipinski definition) is 6. The van der Waals surface area contributed by atoms with Gasteiger partial charge in [0.1, 0.15) is 17.8 Å². The Kier molecular flexibility index (Phi) is 8.82. The molecule has 2 atom stereocenters. The molecule has 1 aliphatic heterocycles. The summed E-state index contributed by atoms with van der Waals surface area (Å²) in [5, 5.41) is 0. The lowest BCUT2D eigenvalue weighted by molar-refractivity contribution is -0.144. The van der Waals surface area contributed by atoms with Crippen molar-refractivity contribution in [2.24, 2.45) is 5.41 Å². The number of likely N-dealkylation sites (tertiary alicyclic amines) is 1. The maximum atomic E-state index is 13.7. The fourth-order valence-electron chi connectivity index (χ4n) is 4.75. The molecular weight excluding hydrogens is 513 g/mol. The number of pyridine rings is 2. The van der Waals surface area contributed by atoms with Crippen LogP contribution in [0.2, 0.25) is 0 Å². The normalized spacial score (nSPS) is 18.5. The average Bonchev–Trinajstić information content (AvgIpc) is 2.85. The minimum atomic E-state index is -4.63. The van der Waals surface area contributed by atoms with E-state index in [2.05, 4.69) is 9.97 Å². The first-order valence-electron chi connectivity index (χ1n) is 12.8. The number of carbonyl (C=O) groups excluding carboxylic acids is 2. The Morgan fingerprint density at radius 3 is 2.33 bits per heavy atom. The number of hydrogen-bond donors (Lipinski definition) is 0. The molecule has 0 N–H and O–H groups in total. The molecule has 2 aromatic heterocycles. The number of rotatable bonds is 6. The van der Waals surface area contributed by atoms with Gasteiger partial charge in [0.2, 0.25) is 11.8 Å². The smallest absolute Gasteiger partial charge is 0.421 e. The molecule has 0 saturated carbocycles. The molecule has 0 aromatic carbocycles. The van der Waals surface area contributed by atoms with E-state index in [0.717, 1.165) is 17.3 Å². The Morgan fingerprint density at radius 1 is 1.08 bits per heavy atom. The summed E-state index contributed by atoms with van der Waals surface area (Å²) in [4.78, 5) is 38.0. The van der Waals surface area contributed by atoms with Gasteiger partial charge < -0.3 is 19.3 Å². The largest absolute Gasteiger partial charge is 0.476 e. The lowest BCUT2D eigenvalue weighted by Crippen LogP contribution is -2.55. The Hall–Kier alpha value is -3.37. The highest BCUT2D eigenvalue weighted by Crippen LogP contribution is 2.37. The zero-order valence-electron chi connectivity index (χ0n) is 23.5. The molecule has 0 radical (unpaired) electrons. The number of amides is 2. The molecule has 1 fully saturated rings. The van der Waals surface area contributed by atoms with E-state index in [4.69, 9.17) is 9.47 Å². The first-order chi connectivity index (χ1) is 18.0. The van der Waals surface area contributed by atoms with E-state index in [-0.39, 0.29) is 24.5 Å². The molecule has 3 rings (SSSR count). The number of aryl methyl sites for hydroxylation is 1. The lowest BCUT2D eigenvalue weighted by atomic mass is 9.83. The van der Waals surface area contributed by atoms with Crippen molar-refractivity contribution >= 4 is 12.0 Å². The van der Waals surface area contributed by atoms with Crippen LogP contribution in [0.15, 0.2) is 36.7 Å². The summed E-state index contributed by atoms with van der Waals surface area (Å²) in [6, 6.07) is 5.53. The molecule has 2 aromatic rings. The summed E-state index contributed by atoms with van der Waals surface area (Å²) in [6.45, 7) is 11.0. The van der Waals surface area contributed by atoms with Crippen LogP contribution < -0.4 is 4.74 Å². The fraction of sp³-hybridized carbons (Fsp3) is 0.571. The van der Waals surface area contributed by atoms with E-state index in [1.807, 2.05) is 19.1 Å². The van der Waals surface area contributed by atoms with Crippen molar-refractivity contribution in [3.05, 3.63) is 53.5 Å². The first-order valence-corrected chi connectivity index (χ1v) is 12.8. The summed E-state index contributed by atoms with van der Waals surface area (Å²) in [5.41, 5.74) is -1.11. The zero-order valence-corrected chi connectivity index (χ0v) is 23.5. The van der Waals surface area contributed by atoms with Crippen LogP contribution in [0, 0.1) is 12.3 Å². The van der Waals surface area contributed by atoms with Crippen molar-refractivity contribution in [1.29, 1.82) is 0 Å². The third-order valence-electron chi connectivity index (χ3n) is 6.72. The van der Waals surface area contributed by atoms with Gasteiger partial charge in [-0.05, 0) is 71.7 Å². The number of carbonyl (C=O) groups is 2. The number of ether oxygens (including phenoxy) is 2. The van der Waals surface area contributed by atoms with Crippen LogP contribution in [-0.4, -0.2) is 70.2 Å². The van der Waals surface area contributed by atoms with Gasteiger partial charge in [-0.1, -0.05) is 6.07 Å². The maximum absolute atomic E-state index is 13.7. The van der Waals surface area contributed by atoms with Crippen molar-refractivity contribution in [2.75, 3.05) is 26.7 Å². The first kappa shape index (κ1) is 30.2. The standard InChI is InChI=1S/C28H37F3N4O4/c1-18-19(10-8-13-32-18)20-16-35(25(37)39-26(2,3)4)15-12-22(20)34(7)24(36)27(5,6)17-38-23-21(28(29,30)31)11-9-14-33-23/h8-11,13-14,20,22H,12,15-17H2,1-7H3/t20-,22+/m1/s1. The van der Waals surface area contributed by atoms with E-state index in [1.165, 1.54) is 12.3 Å². The number of nitrogens with zero attached hydrogens (tertiary/aromatic N) is 4. The molecule has 0 spiro atoms. The van der Waals surface area contributed by atoms with Gasteiger partial charge in [0, 0.05) is 50.2 Å². The molecule has 214 valence electrons. The molecule has 3 heterocycles. The summed E-state index contributed by atoms with van der Waals surface area (Å²) < 4.78 is 51.2. The van der Waals surface area contributed by atoms with Crippen LogP contribution in [0.1, 0.15) is 63.8 Å². The minimum absolute atomic E-state index is 0.252. The topological polar surface area (TPSA) is 84.9 Å². The van der Waals surface area contributed by atoms with Gasteiger partial charge in [0.05, 0.1) is 5.41 Å². The van der Waals surface area contributed by atoms with E-state index in [0.29, 0.717) is 19.5 Å².